The van der Waals surface area contributed by atoms with Crippen molar-refractivity contribution < 1.29 is 9.53 Å². The molecule has 1 saturated heterocycles. The molecule has 0 aromatic heterocycles. The summed E-state index contributed by atoms with van der Waals surface area (Å²) in [4.78, 5) is 19.0. The normalized spacial score (nSPS) is 21.0. The maximum absolute atomic E-state index is 12.0. The van der Waals surface area contributed by atoms with Crippen LogP contribution in [0.2, 0.25) is 0 Å². The van der Waals surface area contributed by atoms with Crippen molar-refractivity contribution in [2.45, 2.75) is 13.3 Å². The van der Waals surface area contributed by atoms with Crippen LogP contribution in [-0.2, 0) is 16.0 Å². The number of morpholine rings is 1. The number of aliphatic imine (C=N–C) groups is 1. The van der Waals surface area contributed by atoms with Crippen molar-refractivity contribution in [1.29, 1.82) is 0 Å². The molecule has 3 rings (SSSR count). The second-order valence-electron chi connectivity index (χ2n) is 5.10. The van der Waals surface area contributed by atoms with Gasteiger partial charge in [-0.3, -0.25) is 4.79 Å². The number of rotatable bonds is 2. The van der Waals surface area contributed by atoms with Gasteiger partial charge in [0.05, 0.1) is 18.1 Å². The van der Waals surface area contributed by atoms with Crippen LogP contribution >= 0.6 is 11.8 Å². The van der Waals surface area contributed by atoms with Gasteiger partial charge in [0.15, 0.2) is 5.17 Å². The van der Waals surface area contributed by atoms with Crippen LogP contribution in [0.3, 0.4) is 0 Å². The first kappa shape index (κ1) is 14.4. The van der Waals surface area contributed by atoms with Gasteiger partial charge in [-0.2, -0.15) is 4.99 Å². The van der Waals surface area contributed by atoms with Gasteiger partial charge in [0.1, 0.15) is 0 Å². The van der Waals surface area contributed by atoms with Crippen LogP contribution in [0.5, 0.6) is 0 Å². The van der Waals surface area contributed by atoms with Gasteiger partial charge in [0.2, 0.25) is 0 Å². The van der Waals surface area contributed by atoms with E-state index in [0.717, 1.165) is 29.6 Å². The number of aryl methyl sites for hydroxylation is 1. The monoisotopic (exact) mass is 302 g/mol. The van der Waals surface area contributed by atoms with Crippen molar-refractivity contribution in [3.63, 3.8) is 0 Å². The number of allylic oxidation sites excluding steroid dienone is 1. The number of carbonyl (C=O) groups excluding carboxylic acids is 1. The minimum Gasteiger partial charge on any atom is -0.378 e. The van der Waals surface area contributed by atoms with E-state index in [1.807, 2.05) is 18.2 Å². The average Bonchev–Trinajstić information content (AvgIpc) is 2.89. The first-order valence-electron chi connectivity index (χ1n) is 7.12. The predicted molar refractivity (Wildman–Crippen MR) is 85.4 cm³/mol. The van der Waals surface area contributed by atoms with Gasteiger partial charge < -0.3 is 9.64 Å². The highest BCUT2D eigenvalue weighted by Crippen LogP contribution is 2.29. The van der Waals surface area contributed by atoms with Gasteiger partial charge in [0, 0.05) is 13.1 Å². The molecule has 0 saturated carbocycles. The fourth-order valence-electron chi connectivity index (χ4n) is 2.37. The van der Waals surface area contributed by atoms with Crippen LogP contribution < -0.4 is 0 Å². The van der Waals surface area contributed by atoms with Crippen LogP contribution in [0.15, 0.2) is 40.2 Å². The standard InChI is InChI=1S/C16H18N2O2S/c1-12-4-2-3-5-13(12)6-7-14-15(19)17-16(21-14)18-8-10-20-11-9-18/h2-5,7H,6,8-11H2,1H3/b14-7+. The van der Waals surface area contributed by atoms with E-state index in [0.29, 0.717) is 13.2 Å². The SMILES string of the molecule is Cc1ccccc1C/C=C1/SC(N2CCOCC2)=NC1=O. The smallest absolute Gasteiger partial charge is 0.285 e. The summed E-state index contributed by atoms with van der Waals surface area (Å²) >= 11 is 1.48. The summed E-state index contributed by atoms with van der Waals surface area (Å²) in [5, 5.41) is 0.819. The highest BCUT2D eigenvalue weighted by molar-refractivity contribution is 8.18. The Hall–Kier alpha value is -1.59. The third-order valence-corrected chi connectivity index (χ3v) is 4.75. The lowest BCUT2D eigenvalue weighted by atomic mass is 10.1. The summed E-state index contributed by atoms with van der Waals surface area (Å²) < 4.78 is 5.33. The zero-order valence-electron chi connectivity index (χ0n) is 12.0. The van der Waals surface area contributed by atoms with Crippen molar-refractivity contribution in [2.24, 2.45) is 4.99 Å². The molecule has 2 aliphatic rings. The molecule has 21 heavy (non-hydrogen) atoms. The molecule has 0 atom stereocenters. The van der Waals surface area contributed by atoms with E-state index >= 15 is 0 Å². The molecule has 0 unspecified atom stereocenters. The van der Waals surface area contributed by atoms with Gasteiger partial charge in [-0.1, -0.05) is 30.3 Å². The van der Waals surface area contributed by atoms with E-state index in [1.54, 1.807) is 0 Å². The maximum atomic E-state index is 12.0. The number of thioether (sulfide) groups is 1. The van der Waals surface area contributed by atoms with E-state index in [9.17, 15) is 4.79 Å². The molecular weight excluding hydrogens is 284 g/mol. The molecule has 0 spiro atoms. The summed E-state index contributed by atoms with van der Waals surface area (Å²) in [6, 6.07) is 8.24. The van der Waals surface area contributed by atoms with Gasteiger partial charge in [-0.25, -0.2) is 0 Å². The van der Waals surface area contributed by atoms with E-state index in [4.69, 9.17) is 4.74 Å². The van der Waals surface area contributed by atoms with Crippen LogP contribution in [0.4, 0.5) is 0 Å². The number of benzene rings is 1. The van der Waals surface area contributed by atoms with Crippen molar-refractivity contribution in [1.82, 2.24) is 4.90 Å². The summed E-state index contributed by atoms with van der Waals surface area (Å²) in [5.41, 5.74) is 2.50. The number of amidine groups is 1. The van der Waals surface area contributed by atoms with Gasteiger partial charge >= 0.3 is 0 Å². The lowest BCUT2D eigenvalue weighted by Crippen LogP contribution is -2.38. The molecule has 2 heterocycles. The third kappa shape index (κ3) is 3.36. The Morgan fingerprint density at radius 3 is 2.86 bits per heavy atom. The number of carbonyl (C=O) groups is 1. The van der Waals surface area contributed by atoms with Crippen LogP contribution in [0.25, 0.3) is 0 Å². The van der Waals surface area contributed by atoms with Crippen molar-refractivity contribution in [2.75, 3.05) is 26.3 Å². The molecule has 4 nitrogen and oxygen atoms in total. The summed E-state index contributed by atoms with van der Waals surface area (Å²) in [7, 11) is 0. The van der Waals surface area contributed by atoms with Crippen molar-refractivity contribution in [3.05, 3.63) is 46.4 Å². The quantitative estimate of drug-likeness (QED) is 0.787. The Balaban J connectivity index is 1.67. The molecule has 5 heteroatoms. The Morgan fingerprint density at radius 2 is 2.10 bits per heavy atom. The zero-order chi connectivity index (χ0) is 14.7. The highest BCUT2D eigenvalue weighted by atomic mass is 32.2. The first-order valence-corrected chi connectivity index (χ1v) is 7.94. The van der Waals surface area contributed by atoms with E-state index in [-0.39, 0.29) is 5.91 Å². The zero-order valence-corrected chi connectivity index (χ0v) is 12.9. The molecule has 0 bridgehead atoms. The minimum absolute atomic E-state index is 0.116. The number of hydrogen-bond acceptors (Lipinski definition) is 4. The second-order valence-corrected chi connectivity index (χ2v) is 6.11. The van der Waals surface area contributed by atoms with Crippen LogP contribution in [-0.4, -0.2) is 42.3 Å². The fourth-order valence-corrected chi connectivity index (χ4v) is 3.30. The molecule has 0 aliphatic carbocycles. The molecule has 1 amide bonds. The summed E-state index contributed by atoms with van der Waals surface area (Å²) in [5.74, 6) is -0.116. The maximum Gasteiger partial charge on any atom is 0.285 e. The average molecular weight is 302 g/mol. The molecule has 110 valence electrons. The largest absolute Gasteiger partial charge is 0.378 e. The van der Waals surface area contributed by atoms with E-state index in [2.05, 4.69) is 28.9 Å². The number of ether oxygens (including phenoxy) is 1. The molecule has 0 N–H and O–H groups in total. The predicted octanol–water partition coefficient (Wildman–Crippen LogP) is 2.38. The van der Waals surface area contributed by atoms with Crippen LogP contribution in [0.1, 0.15) is 11.1 Å². The summed E-state index contributed by atoms with van der Waals surface area (Å²) in [6.45, 7) is 5.12. The Morgan fingerprint density at radius 1 is 1.33 bits per heavy atom. The van der Waals surface area contributed by atoms with Gasteiger partial charge in [-0.15, -0.1) is 0 Å². The van der Waals surface area contributed by atoms with Crippen molar-refractivity contribution >= 4 is 22.8 Å². The highest BCUT2D eigenvalue weighted by Gasteiger charge is 2.26. The Bertz CT molecular complexity index is 604. The first-order chi connectivity index (χ1) is 10.2. The summed E-state index contributed by atoms with van der Waals surface area (Å²) in [6.07, 6.45) is 2.76. The van der Waals surface area contributed by atoms with E-state index < -0.39 is 0 Å². The lowest BCUT2D eigenvalue weighted by molar-refractivity contribution is -0.113. The lowest BCUT2D eigenvalue weighted by Gasteiger charge is -2.27. The van der Waals surface area contributed by atoms with E-state index in [1.165, 1.54) is 22.9 Å². The third-order valence-electron chi connectivity index (χ3n) is 3.66. The molecule has 2 aliphatic heterocycles. The second kappa shape index (κ2) is 6.45. The topological polar surface area (TPSA) is 41.9 Å². The number of amides is 1. The fraction of sp³-hybridized carbons (Fsp3) is 0.375. The minimum atomic E-state index is -0.116. The van der Waals surface area contributed by atoms with Crippen molar-refractivity contribution in [3.8, 4) is 0 Å². The number of hydrogen-bond donors (Lipinski definition) is 0. The molecule has 1 fully saturated rings. The van der Waals surface area contributed by atoms with Crippen LogP contribution in [0, 0.1) is 6.92 Å². The number of nitrogens with zero attached hydrogens (tertiary/aromatic N) is 2. The van der Waals surface area contributed by atoms with Gasteiger partial charge in [-0.05, 0) is 36.2 Å². The Labute approximate surface area is 128 Å². The van der Waals surface area contributed by atoms with Gasteiger partial charge in [0.25, 0.3) is 5.91 Å². The molecule has 0 radical (unpaired) electrons. The molecule has 1 aromatic rings. The molecular formula is C16H18N2O2S. The Kier molecular flexibility index (Phi) is 4.41. The molecule has 1 aromatic carbocycles.